The maximum atomic E-state index is 13.6. The van der Waals surface area contributed by atoms with Gasteiger partial charge >= 0.3 is 6.09 Å². The molecule has 6 aliphatic rings. The first-order chi connectivity index (χ1) is 20.9. The highest BCUT2D eigenvalue weighted by Gasteiger charge is 2.63. The Morgan fingerprint density at radius 3 is 2.59 bits per heavy atom. The molecule has 8 heteroatoms. The van der Waals surface area contributed by atoms with Gasteiger partial charge in [-0.25, -0.2) is 4.79 Å². The van der Waals surface area contributed by atoms with E-state index in [0.717, 1.165) is 50.5 Å². The molecule has 5 fully saturated rings. The Balaban J connectivity index is 1.12. The molecule has 1 spiro atoms. The van der Waals surface area contributed by atoms with Gasteiger partial charge in [-0.05, 0) is 111 Å². The van der Waals surface area contributed by atoms with Crippen molar-refractivity contribution in [3.63, 3.8) is 0 Å². The molecule has 0 aromatic heterocycles. The first kappa shape index (κ1) is 30.7. The number of amides is 1. The molecular weight excluding hydrogens is 574 g/mol. The Hall–Kier alpha value is -1.90. The van der Waals surface area contributed by atoms with Gasteiger partial charge in [0.1, 0.15) is 6.61 Å². The zero-order valence-electron chi connectivity index (χ0n) is 27.2. The molecule has 7 rings (SSSR count). The van der Waals surface area contributed by atoms with Crippen molar-refractivity contribution in [2.45, 2.75) is 116 Å². The number of fused-ring (bicyclic) bond motifs is 6. The Bertz CT molecular complexity index is 1410. The molecule has 2 aliphatic heterocycles. The number of ether oxygens (including phenoxy) is 2. The Morgan fingerprint density at radius 1 is 1.07 bits per heavy atom. The lowest BCUT2D eigenvalue weighted by Crippen LogP contribution is -2.54. The summed E-state index contributed by atoms with van der Waals surface area (Å²) in [6, 6.07) is 9.95. The minimum Gasteiger partial charge on any atom is -0.445 e. The molecule has 44 heavy (non-hydrogen) atoms. The monoisotopic (exact) mass is 625 g/mol. The van der Waals surface area contributed by atoms with Crippen LogP contribution in [-0.4, -0.2) is 56.1 Å². The number of rotatable bonds is 4. The molecule has 2 unspecified atom stereocenters. The van der Waals surface area contributed by atoms with Crippen molar-refractivity contribution in [2.24, 2.45) is 40.9 Å². The van der Waals surface area contributed by atoms with Gasteiger partial charge in [-0.1, -0.05) is 56.7 Å². The van der Waals surface area contributed by atoms with E-state index in [-0.39, 0.29) is 47.9 Å². The highest BCUT2D eigenvalue weighted by atomic mass is 32.2. The number of piperidine rings is 1. The van der Waals surface area contributed by atoms with Crippen LogP contribution in [0.1, 0.15) is 91.0 Å². The molecule has 2 heterocycles. The van der Waals surface area contributed by atoms with E-state index >= 15 is 0 Å². The van der Waals surface area contributed by atoms with Crippen molar-refractivity contribution >= 4 is 16.2 Å². The predicted molar refractivity (Wildman–Crippen MR) is 169 cm³/mol. The average molecular weight is 626 g/mol. The van der Waals surface area contributed by atoms with E-state index in [4.69, 9.17) is 13.7 Å². The fourth-order valence-electron chi connectivity index (χ4n) is 11.2. The molecule has 1 aromatic carbocycles. The predicted octanol–water partition coefficient (Wildman–Crippen LogP) is 7.11. The van der Waals surface area contributed by atoms with Crippen molar-refractivity contribution in [1.29, 1.82) is 0 Å². The van der Waals surface area contributed by atoms with Gasteiger partial charge in [0.25, 0.3) is 10.1 Å². The van der Waals surface area contributed by atoms with Crippen LogP contribution >= 0.6 is 0 Å². The van der Waals surface area contributed by atoms with Gasteiger partial charge in [-0.15, -0.1) is 0 Å². The molecule has 0 N–H and O–H groups in total. The van der Waals surface area contributed by atoms with Crippen LogP contribution in [0.15, 0.2) is 41.5 Å². The van der Waals surface area contributed by atoms with Gasteiger partial charge in [-0.2, -0.15) is 8.42 Å². The van der Waals surface area contributed by atoms with Crippen molar-refractivity contribution < 1.29 is 26.9 Å². The van der Waals surface area contributed by atoms with E-state index < -0.39 is 10.1 Å². The maximum absolute atomic E-state index is 13.6. The van der Waals surface area contributed by atoms with Crippen LogP contribution in [0.4, 0.5) is 4.79 Å². The summed E-state index contributed by atoms with van der Waals surface area (Å²) in [5, 5.41) is 0. The van der Waals surface area contributed by atoms with Crippen molar-refractivity contribution in [3.05, 3.63) is 47.0 Å². The average Bonchev–Trinajstić information content (AvgIpc) is 3.50. The molecule has 0 radical (unpaired) electrons. The molecule has 11 atom stereocenters. The summed E-state index contributed by atoms with van der Waals surface area (Å²) >= 11 is 0. The fourth-order valence-corrected chi connectivity index (χ4v) is 11.9. The minimum atomic E-state index is -3.43. The van der Waals surface area contributed by atoms with E-state index in [9.17, 15) is 13.2 Å². The van der Waals surface area contributed by atoms with E-state index in [1.165, 1.54) is 24.7 Å². The molecule has 1 aromatic rings. The lowest BCUT2D eigenvalue weighted by molar-refractivity contribution is -0.0709. The molecule has 7 nitrogen and oxygen atoms in total. The van der Waals surface area contributed by atoms with Crippen LogP contribution in [-0.2, 0) is 30.4 Å². The Kier molecular flexibility index (Phi) is 7.77. The third-order valence-electron chi connectivity index (χ3n) is 13.3. The summed E-state index contributed by atoms with van der Waals surface area (Å²) in [6.07, 6.45) is 10.2. The minimum absolute atomic E-state index is 0.0253. The highest BCUT2D eigenvalue weighted by Crippen LogP contribution is 2.66. The van der Waals surface area contributed by atoms with Crippen LogP contribution in [0, 0.1) is 40.9 Å². The Morgan fingerprint density at radius 2 is 1.84 bits per heavy atom. The van der Waals surface area contributed by atoms with E-state index in [2.05, 4.69) is 27.7 Å². The number of benzene rings is 1. The van der Waals surface area contributed by atoms with Crippen LogP contribution in [0.3, 0.4) is 0 Å². The third-order valence-corrected chi connectivity index (χ3v) is 13.9. The molecule has 0 bridgehead atoms. The van der Waals surface area contributed by atoms with E-state index in [1.54, 1.807) is 5.57 Å². The second kappa shape index (κ2) is 11.1. The molecule has 4 aliphatic carbocycles. The number of nitrogens with zero attached hydrogens (tertiary/aromatic N) is 1. The van der Waals surface area contributed by atoms with Crippen LogP contribution in [0.2, 0.25) is 0 Å². The van der Waals surface area contributed by atoms with Gasteiger partial charge in [0.15, 0.2) is 0 Å². The first-order valence-electron chi connectivity index (χ1n) is 17.1. The number of likely N-dealkylation sites (tertiary alicyclic amines) is 1. The summed E-state index contributed by atoms with van der Waals surface area (Å²) in [7, 11) is -3.43. The summed E-state index contributed by atoms with van der Waals surface area (Å²) in [6.45, 7) is 10.4. The molecule has 242 valence electrons. The van der Waals surface area contributed by atoms with Crippen molar-refractivity contribution in [1.82, 2.24) is 4.90 Å². The van der Waals surface area contributed by atoms with Crippen molar-refractivity contribution in [3.8, 4) is 0 Å². The number of carbonyl (C=O) groups excluding carboxylic acids is 1. The van der Waals surface area contributed by atoms with E-state index in [0.29, 0.717) is 36.1 Å². The smallest absolute Gasteiger partial charge is 0.410 e. The van der Waals surface area contributed by atoms with E-state index in [1.807, 2.05) is 35.2 Å². The number of hydrogen-bond donors (Lipinski definition) is 0. The second-order valence-electron chi connectivity index (χ2n) is 15.6. The van der Waals surface area contributed by atoms with Gasteiger partial charge < -0.3 is 14.4 Å². The zero-order valence-corrected chi connectivity index (χ0v) is 28.0. The fraction of sp³-hybridized carbons (Fsp3) is 0.750. The summed E-state index contributed by atoms with van der Waals surface area (Å²) in [5.41, 5.74) is 3.99. The standard InChI is InChI=1S/C36H51NO6S/c1-22-17-32-33(37(20-22)34(38)41-21-25-9-7-6-8-10-25)24(3)36(42-32)16-14-28-29-12-11-26-18-27(43-44(5,39)40)13-15-35(26,4)31(29)19-30(28)23(36)2/h6-10,22,24,26-29,31-33H,11-21H2,1-5H3/t22?,24-,26-,27+,28+,29?,31+,32-,33+,35+,36+/m1/s1. The number of carbonyl (C=O) groups is 1. The van der Waals surface area contributed by atoms with Crippen LogP contribution in [0.25, 0.3) is 0 Å². The van der Waals surface area contributed by atoms with Gasteiger partial charge in [0, 0.05) is 12.5 Å². The topological polar surface area (TPSA) is 82.1 Å². The number of allylic oxidation sites excluding steroid dienone is 1. The lowest BCUT2D eigenvalue weighted by Gasteiger charge is -2.54. The molecule has 3 saturated carbocycles. The summed E-state index contributed by atoms with van der Waals surface area (Å²) in [4.78, 5) is 15.6. The number of hydrogen-bond acceptors (Lipinski definition) is 6. The van der Waals surface area contributed by atoms with Crippen LogP contribution < -0.4 is 0 Å². The van der Waals surface area contributed by atoms with Gasteiger partial charge in [-0.3, -0.25) is 4.18 Å². The molecule has 1 amide bonds. The van der Waals surface area contributed by atoms with Crippen LogP contribution in [0.5, 0.6) is 0 Å². The summed E-state index contributed by atoms with van der Waals surface area (Å²) < 4.78 is 42.3. The first-order valence-corrected chi connectivity index (χ1v) is 18.9. The largest absolute Gasteiger partial charge is 0.445 e. The quantitative estimate of drug-likeness (QED) is 0.262. The second-order valence-corrected chi connectivity index (χ2v) is 17.2. The van der Waals surface area contributed by atoms with Gasteiger partial charge in [0.2, 0.25) is 0 Å². The maximum Gasteiger partial charge on any atom is 0.410 e. The lowest BCUT2D eigenvalue weighted by atomic mass is 9.52. The van der Waals surface area contributed by atoms with Crippen molar-refractivity contribution in [2.75, 3.05) is 12.8 Å². The third kappa shape index (κ3) is 5.06. The zero-order chi connectivity index (χ0) is 31.0. The molecular formula is C36H51NO6S. The Labute approximate surface area is 264 Å². The highest BCUT2D eigenvalue weighted by molar-refractivity contribution is 7.86. The normalized spacial score (nSPS) is 43.3. The van der Waals surface area contributed by atoms with Gasteiger partial charge in [0.05, 0.1) is 30.1 Å². The molecule has 2 saturated heterocycles. The summed E-state index contributed by atoms with van der Waals surface area (Å²) in [5.74, 6) is 3.04. The SMILES string of the molecule is CC1=C2C[C@H]3C(CC[C@@H]4C[C@@H](OS(C)(=O)=O)CC[C@@]43C)[C@@H]2CC[C@]12O[C@@H]1CC(C)CN(C(=O)OCc3ccccc3)[C@H]1[C@H]2C.